The number of hydrogen-bond donors (Lipinski definition) is 0. The molecule has 1 aliphatic rings. The zero-order valence-electron chi connectivity index (χ0n) is 9.94. The van der Waals surface area contributed by atoms with Crippen molar-refractivity contribution < 1.29 is 13.9 Å². The predicted octanol–water partition coefficient (Wildman–Crippen LogP) is 1.47. The number of rotatable bonds is 1. The maximum absolute atomic E-state index is 12.7. The highest BCUT2D eigenvalue weighted by molar-refractivity contribution is 5.94. The van der Waals surface area contributed by atoms with Crippen LogP contribution in [-0.2, 0) is 4.74 Å². The lowest BCUT2D eigenvalue weighted by Gasteiger charge is -2.38. The first-order valence-electron chi connectivity index (χ1n) is 5.53. The Bertz CT molecular complexity index is 417. The van der Waals surface area contributed by atoms with Crippen molar-refractivity contribution in [3.8, 4) is 0 Å². The summed E-state index contributed by atoms with van der Waals surface area (Å²) < 4.78 is 18.2. The summed E-state index contributed by atoms with van der Waals surface area (Å²) >= 11 is 0. The van der Waals surface area contributed by atoms with Crippen molar-refractivity contribution in [1.82, 2.24) is 9.88 Å². The molecule has 0 aromatic carbocycles. The van der Waals surface area contributed by atoms with E-state index in [9.17, 15) is 9.18 Å². The van der Waals surface area contributed by atoms with E-state index >= 15 is 0 Å². The van der Waals surface area contributed by atoms with E-state index in [1.807, 2.05) is 13.8 Å². The molecule has 0 saturated carbocycles. The van der Waals surface area contributed by atoms with Crippen LogP contribution in [0.25, 0.3) is 0 Å². The molecule has 2 heterocycles. The van der Waals surface area contributed by atoms with Gasteiger partial charge < -0.3 is 9.64 Å². The topological polar surface area (TPSA) is 42.4 Å². The standard InChI is InChI=1S/C12H15FN2O2/c1-12(2)8-15(5-6-17-12)11(16)9-3-4-10(13)14-7-9/h3-4,7H,5-6,8H2,1-2H3. The number of carbonyl (C=O) groups excluding carboxylic acids is 1. The minimum atomic E-state index is -0.580. The zero-order chi connectivity index (χ0) is 12.5. The van der Waals surface area contributed by atoms with Crippen LogP contribution in [0.3, 0.4) is 0 Å². The molecule has 4 nitrogen and oxygen atoms in total. The van der Waals surface area contributed by atoms with E-state index in [-0.39, 0.29) is 11.5 Å². The summed E-state index contributed by atoms with van der Waals surface area (Å²) in [7, 11) is 0. The average molecular weight is 238 g/mol. The molecular weight excluding hydrogens is 223 g/mol. The molecule has 5 heteroatoms. The molecule has 1 aromatic rings. The molecule has 1 amide bonds. The van der Waals surface area contributed by atoms with Crippen LogP contribution in [0.15, 0.2) is 18.3 Å². The molecule has 0 radical (unpaired) electrons. The van der Waals surface area contributed by atoms with Gasteiger partial charge in [-0.05, 0) is 26.0 Å². The highest BCUT2D eigenvalue weighted by Gasteiger charge is 2.30. The van der Waals surface area contributed by atoms with Gasteiger partial charge in [0, 0.05) is 19.3 Å². The zero-order valence-corrected chi connectivity index (χ0v) is 9.94. The second-order valence-corrected chi connectivity index (χ2v) is 4.70. The van der Waals surface area contributed by atoms with Crippen molar-refractivity contribution in [2.24, 2.45) is 0 Å². The summed E-state index contributed by atoms with van der Waals surface area (Å²) in [6.45, 7) is 5.49. The van der Waals surface area contributed by atoms with Crippen LogP contribution < -0.4 is 0 Å². The Balaban J connectivity index is 2.12. The number of morpholine rings is 1. The second kappa shape index (κ2) is 4.41. The molecule has 92 valence electrons. The summed E-state index contributed by atoms with van der Waals surface area (Å²) in [4.78, 5) is 17.3. The largest absolute Gasteiger partial charge is 0.372 e. The Kier molecular flexibility index (Phi) is 3.11. The Morgan fingerprint density at radius 3 is 2.88 bits per heavy atom. The van der Waals surface area contributed by atoms with E-state index in [1.165, 1.54) is 18.3 Å². The lowest BCUT2D eigenvalue weighted by molar-refractivity contribution is -0.0764. The first-order valence-corrected chi connectivity index (χ1v) is 5.53. The van der Waals surface area contributed by atoms with Crippen LogP contribution in [0.1, 0.15) is 24.2 Å². The van der Waals surface area contributed by atoms with Gasteiger partial charge in [-0.15, -0.1) is 0 Å². The average Bonchev–Trinajstić information content (AvgIpc) is 2.28. The Morgan fingerprint density at radius 2 is 2.29 bits per heavy atom. The monoisotopic (exact) mass is 238 g/mol. The summed E-state index contributed by atoms with van der Waals surface area (Å²) in [5.74, 6) is -0.710. The van der Waals surface area contributed by atoms with E-state index in [4.69, 9.17) is 4.74 Å². The van der Waals surface area contributed by atoms with Gasteiger partial charge in [-0.3, -0.25) is 4.79 Å². The Morgan fingerprint density at radius 1 is 1.53 bits per heavy atom. The van der Waals surface area contributed by atoms with Crippen molar-refractivity contribution in [2.45, 2.75) is 19.4 Å². The summed E-state index contributed by atoms with van der Waals surface area (Å²) in [5.41, 5.74) is 0.0746. The summed E-state index contributed by atoms with van der Waals surface area (Å²) in [6.07, 6.45) is 1.26. The van der Waals surface area contributed by atoms with Gasteiger partial charge in [-0.25, -0.2) is 4.98 Å². The van der Waals surface area contributed by atoms with Gasteiger partial charge in [0.25, 0.3) is 5.91 Å². The van der Waals surface area contributed by atoms with Gasteiger partial charge in [0.1, 0.15) is 0 Å². The number of amides is 1. The number of halogens is 1. The van der Waals surface area contributed by atoms with Crippen LogP contribution in [0.4, 0.5) is 4.39 Å². The summed E-state index contributed by atoms with van der Waals surface area (Å²) in [5, 5.41) is 0. The fourth-order valence-electron chi connectivity index (χ4n) is 1.87. The molecule has 0 N–H and O–H groups in total. The molecule has 0 atom stereocenters. The highest BCUT2D eigenvalue weighted by Crippen LogP contribution is 2.18. The molecule has 1 saturated heterocycles. The number of carbonyl (C=O) groups is 1. The fraction of sp³-hybridized carbons (Fsp3) is 0.500. The summed E-state index contributed by atoms with van der Waals surface area (Å²) in [6, 6.07) is 2.64. The Hall–Kier alpha value is -1.49. The molecule has 0 bridgehead atoms. The maximum atomic E-state index is 12.7. The number of nitrogens with zero attached hydrogens (tertiary/aromatic N) is 2. The second-order valence-electron chi connectivity index (χ2n) is 4.70. The van der Waals surface area contributed by atoms with E-state index < -0.39 is 5.95 Å². The van der Waals surface area contributed by atoms with E-state index in [0.29, 0.717) is 25.3 Å². The Labute approximate surface area is 99.4 Å². The van der Waals surface area contributed by atoms with Gasteiger partial charge in [-0.2, -0.15) is 4.39 Å². The molecule has 17 heavy (non-hydrogen) atoms. The van der Waals surface area contributed by atoms with E-state index in [1.54, 1.807) is 4.90 Å². The lowest BCUT2D eigenvalue weighted by atomic mass is 10.1. The molecule has 2 rings (SSSR count). The van der Waals surface area contributed by atoms with Crippen LogP contribution in [-0.4, -0.2) is 41.1 Å². The minimum Gasteiger partial charge on any atom is -0.372 e. The van der Waals surface area contributed by atoms with Gasteiger partial charge in [-0.1, -0.05) is 0 Å². The quantitative estimate of drug-likeness (QED) is 0.696. The number of hydrogen-bond acceptors (Lipinski definition) is 3. The lowest BCUT2D eigenvalue weighted by Crippen LogP contribution is -2.50. The molecule has 0 spiro atoms. The maximum Gasteiger partial charge on any atom is 0.255 e. The first kappa shape index (κ1) is 12.0. The molecular formula is C12H15FN2O2. The van der Waals surface area contributed by atoms with Crippen molar-refractivity contribution >= 4 is 5.91 Å². The van der Waals surface area contributed by atoms with E-state index in [0.717, 1.165) is 0 Å². The predicted molar refractivity (Wildman–Crippen MR) is 60.1 cm³/mol. The van der Waals surface area contributed by atoms with Gasteiger partial charge in [0.05, 0.1) is 17.8 Å². The normalized spacial score (nSPS) is 19.1. The first-order chi connectivity index (χ1) is 7.98. The van der Waals surface area contributed by atoms with Crippen LogP contribution in [0.5, 0.6) is 0 Å². The third-order valence-corrected chi connectivity index (χ3v) is 2.69. The molecule has 1 fully saturated rings. The van der Waals surface area contributed by atoms with Crippen LogP contribution in [0.2, 0.25) is 0 Å². The van der Waals surface area contributed by atoms with Gasteiger partial charge >= 0.3 is 0 Å². The fourth-order valence-corrected chi connectivity index (χ4v) is 1.87. The van der Waals surface area contributed by atoms with Crippen LogP contribution in [0, 0.1) is 5.95 Å². The van der Waals surface area contributed by atoms with Crippen molar-refractivity contribution in [3.05, 3.63) is 29.8 Å². The van der Waals surface area contributed by atoms with Crippen molar-refractivity contribution in [3.63, 3.8) is 0 Å². The molecule has 0 aliphatic carbocycles. The SMILES string of the molecule is CC1(C)CN(C(=O)c2ccc(F)nc2)CCO1. The molecule has 1 aromatic heterocycles. The van der Waals surface area contributed by atoms with Crippen LogP contribution >= 0.6 is 0 Å². The third-order valence-electron chi connectivity index (χ3n) is 2.69. The van der Waals surface area contributed by atoms with Gasteiger partial charge in [0.2, 0.25) is 5.95 Å². The smallest absolute Gasteiger partial charge is 0.255 e. The number of ether oxygens (including phenoxy) is 1. The van der Waals surface area contributed by atoms with Crippen molar-refractivity contribution in [2.75, 3.05) is 19.7 Å². The molecule has 0 unspecified atom stereocenters. The van der Waals surface area contributed by atoms with Gasteiger partial charge in [0.15, 0.2) is 0 Å². The third kappa shape index (κ3) is 2.79. The molecule has 1 aliphatic heterocycles. The number of pyridine rings is 1. The highest BCUT2D eigenvalue weighted by atomic mass is 19.1. The number of aromatic nitrogens is 1. The minimum absolute atomic E-state index is 0.131. The van der Waals surface area contributed by atoms with Crippen molar-refractivity contribution in [1.29, 1.82) is 0 Å². The van der Waals surface area contributed by atoms with E-state index in [2.05, 4.69) is 4.98 Å².